The number of aromatic nitrogens is 3. The van der Waals surface area contributed by atoms with Crippen LogP contribution in [-0.2, 0) is 0 Å². The smallest absolute Gasteiger partial charge is 0.214 e. The van der Waals surface area contributed by atoms with Crippen LogP contribution in [0.4, 0.5) is 0 Å². The molecule has 0 unspecified atom stereocenters. The van der Waals surface area contributed by atoms with Gasteiger partial charge in [-0.05, 0) is 24.3 Å². The van der Waals surface area contributed by atoms with Gasteiger partial charge in [0.15, 0.2) is 5.82 Å². The maximum atomic E-state index is 6.34. The highest BCUT2D eigenvalue weighted by Crippen LogP contribution is 2.36. The number of fused-ring (bicyclic) bond motifs is 1. The molecule has 2 heterocycles. The van der Waals surface area contributed by atoms with Gasteiger partial charge in [0.05, 0.1) is 22.9 Å². The van der Waals surface area contributed by atoms with Crippen LogP contribution in [0.3, 0.4) is 0 Å². The molecule has 25 heavy (non-hydrogen) atoms. The Hall–Kier alpha value is -2.15. The number of thioether (sulfide) groups is 1. The van der Waals surface area contributed by atoms with Crippen LogP contribution in [0.2, 0.25) is 10.0 Å². The minimum atomic E-state index is 0.448. The van der Waals surface area contributed by atoms with Gasteiger partial charge in [0.2, 0.25) is 5.16 Å². The average Bonchev–Trinajstić information content (AvgIpc) is 3.07. The highest BCUT2D eigenvalue weighted by molar-refractivity contribution is 8.02. The van der Waals surface area contributed by atoms with Crippen LogP contribution < -0.4 is 10.2 Å². The fourth-order valence-electron chi connectivity index (χ4n) is 2.48. The Morgan fingerprint density at radius 2 is 1.96 bits per heavy atom. The van der Waals surface area contributed by atoms with Crippen molar-refractivity contribution in [3.05, 3.63) is 63.5 Å². The summed E-state index contributed by atoms with van der Waals surface area (Å²) in [5, 5.41) is 12.1. The molecular weight excluding hydrogens is 379 g/mol. The van der Waals surface area contributed by atoms with E-state index in [9.17, 15) is 0 Å². The minimum Gasteiger partial charge on any atom is -0.497 e. The van der Waals surface area contributed by atoms with Crippen molar-refractivity contribution in [2.45, 2.75) is 5.16 Å². The van der Waals surface area contributed by atoms with Gasteiger partial charge in [0.25, 0.3) is 0 Å². The van der Waals surface area contributed by atoms with Crippen LogP contribution in [0.15, 0.2) is 53.0 Å². The maximum Gasteiger partial charge on any atom is 0.214 e. The number of rotatable bonds is 3. The molecule has 0 saturated carbocycles. The van der Waals surface area contributed by atoms with Crippen molar-refractivity contribution in [2.75, 3.05) is 12.5 Å². The quantitative estimate of drug-likeness (QED) is 0.688. The van der Waals surface area contributed by atoms with Gasteiger partial charge >= 0.3 is 0 Å². The molecular formula is C17H12Cl2N4OS. The topological polar surface area (TPSA) is 52.0 Å². The van der Waals surface area contributed by atoms with E-state index in [1.807, 2.05) is 41.8 Å². The lowest BCUT2D eigenvalue weighted by Crippen LogP contribution is -2.18. The molecule has 1 aromatic heterocycles. The Labute approximate surface area is 158 Å². The highest BCUT2D eigenvalue weighted by atomic mass is 35.5. The number of hydrogen-bond acceptors (Lipinski definition) is 5. The zero-order valence-corrected chi connectivity index (χ0v) is 15.4. The van der Waals surface area contributed by atoms with Crippen molar-refractivity contribution in [3.8, 4) is 17.1 Å². The number of halogens is 2. The van der Waals surface area contributed by atoms with Crippen molar-refractivity contribution in [3.63, 3.8) is 0 Å². The van der Waals surface area contributed by atoms with Crippen molar-refractivity contribution >= 4 is 40.7 Å². The van der Waals surface area contributed by atoms with Gasteiger partial charge in [-0.1, -0.05) is 53.2 Å². The zero-order valence-electron chi connectivity index (χ0n) is 13.0. The van der Waals surface area contributed by atoms with Crippen LogP contribution in [-0.4, -0.2) is 22.0 Å². The molecule has 126 valence electrons. The van der Waals surface area contributed by atoms with Gasteiger partial charge in [-0.2, -0.15) is 0 Å². The van der Waals surface area contributed by atoms with E-state index < -0.39 is 0 Å². The molecule has 0 amide bonds. The van der Waals surface area contributed by atoms with E-state index in [1.54, 1.807) is 17.9 Å². The first-order valence-corrected chi connectivity index (χ1v) is 8.99. The summed E-state index contributed by atoms with van der Waals surface area (Å²) in [5.41, 5.74) is 5.96. The number of nitrogens with zero attached hydrogens (tertiary/aromatic N) is 3. The number of nitrogens with one attached hydrogen (secondary N) is 1. The molecule has 0 atom stereocenters. The van der Waals surface area contributed by atoms with Crippen LogP contribution >= 0.6 is 35.0 Å². The highest BCUT2D eigenvalue weighted by Gasteiger charge is 2.21. The van der Waals surface area contributed by atoms with E-state index in [4.69, 9.17) is 27.9 Å². The number of methoxy groups -OCH3 is 1. The van der Waals surface area contributed by atoms with Gasteiger partial charge in [0.1, 0.15) is 5.75 Å². The molecule has 5 nitrogen and oxygen atoms in total. The molecule has 0 radical (unpaired) electrons. The molecule has 1 aliphatic heterocycles. The van der Waals surface area contributed by atoms with Crippen molar-refractivity contribution in [1.82, 2.24) is 14.9 Å². The molecule has 0 fully saturated rings. The van der Waals surface area contributed by atoms with Gasteiger partial charge in [-0.25, -0.2) is 4.68 Å². The van der Waals surface area contributed by atoms with E-state index in [0.29, 0.717) is 21.4 Å². The summed E-state index contributed by atoms with van der Waals surface area (Å²) in [7, 11) is 1.65. The molecule has 2 aromatic carbocycles. The second kappa shape index (κ2) is 6.63. The summed E-state index contributed by atoms with van der Waals surface area (Å²) in [6.07, 6.45) is 0. The standard InChI is InChI=1S/C17H12Cl2N4OS/c1-24-11-5-2-4-10(8-11)14-9-25-17-21-20-16(23(17)22-14)12-6-3-7-13(18)15(12)19/h2-9,22H,1H3. The third-order valence-corrected chi connectivity index (χ3v) is 5.37. The van der Waals surface area contributed by atoms with Crippen molar-refractivity contribution < 1.29 is 4.74 Å². The number of ether oxygens (including phenoxy) is 1. The summed E-state index contributed by atoms with van der Waals surface area (Å²) in [4.78, 5) is 0. The van der Waals surface area contributed by atoms with E-state index in [2.05, 4.69) is 15.6 Å². The number of benzene rings is 2. The van der Waals surface area contributed by atoms with E-state index in [0.717, 1.165) is 22.2 Å². The fourth-order valence-corrected chi connectivity index (χ4v) is 3.60. The first-order valence-electron chi connectivity index (χ1n) is 7.35. The maximum absolute atomic E-state index is 6.34. The minimum absolute atomic E-state index is 0.448. The third-order valence-electron chi connectivity index (χ3n) is 3.72. The monoisotopic (exact) mass is 390 g/mol. The first-order chi connectivity index (χ1) is 12.2. The molecule has 8 heteroatoms. The Morgan fingerprint density at radius 3 is 2.80 bits per heavy atom. The first kappa shape index (κ1) is 16.3. The third kappa shape index (κ3) is 2.97. The molecule has 4 rings (SSSR count). The van der Waals surface area contributed by atoms with Gasteiger partial charge in [-0.3, -0.25) is 5.43 Å². The van der Waals surface area contributed by atoms with Crippen LogP contribution in [0.5, 0.6) is 5.75 Å². The lowest BCUT2D eigenvalue weighted by Gasteiger charge is -2.19. The second-order valence-electron chi connectivity index (χ2n) is 5.24. The second-order valence-corrected chi connectivity index (χ2v) is 6.86. The molecule has 3 aromatic rings. The molecule has 0 spiro atoms. The predicted molar refractivity (Wildman–Crippen MR) is 102 cm³/mol. The number of hydrogen-bond donors (Lipinski definition) is 1. The molecule has 1 N–H and O–H groups in total. The van der Waals surface area contributed by atoms with E-state index in [1.165, 1.54) is 11.8 Å². The van der Waals surface area contributed by atoms with Crippen LogP contribution in [0.1, 0.15) is 5.56 Å². The molecule has 0 aliphatic carbocycles. The summed E-state index contributed by atoms with van der Waals surface area (Å²) >= 11 is 14.0. The van der Waals surface area contributed by atoms with E-state index >= 15 is 0 Å². The largest absolute Gasteiger partial charge is 0.497 e. The fraction of sp³-hybridized carbons (Fsp3) is 0.0588. The Kier molecular flexibility index (Phi) is 4.33. The molecule has 1 aliphatic rings. The predicted octanol–water partition coefficient (Wildman–Crippen LogP) is 4.91. The van der Waals surface area contributed by atoms with Crippen molar-refractivity contribution in [2.24, 2.45) is 0 Å². The lowest BCUT2D eigenvalue weighted by molar-refractivity contribution is 0.414. The van der Waals surface area contributed by atoms with Crippen LogP contribution in [0.25, 0.3) is 17.1 Å². The summed E-state index contributed by atoms with van der Waals surface area (Å²) < 4.78 is 7.10. The van der Waals surface area contributed by atoms with Gasteiger partial charge < -0.3 is 4.74 Å². The molecule has 0 saturated heterocycles. The van der Waals surface area contributed by atoms with Crippen LogP contribution in [0, 0.1) is 0 Å². The zero-order chi connectivity index (χ0) is 17.4. The van der Waals surface area contributed by atoms with Crippen molar-refractivity contribution in [1.29, 1.82) is 0 Å². The van der Waals surface area contributed by atoms with E-state index in [-0.39, 0.29) is 0 Å². The average molecular weight is 391 g/mol. The molecule has 0 bridgehead atoms. The van der Waals surface area contributed by atoms with Gasteiger partial charge in [-0.15, -0.1) is 10.2 Å². The lowest BCUT2D eigenvalue weighted by atomic mass is 10.1. The Balaban J connectivity index is 1.73. The summed E-state index contributed by atoms with van der Waals surface area (Å²) in [6, 6.07) is 13.2. The van der Waals surface area contributed by atoms with Gasteiger partial charge in [0, 0.05) is 16.5 Å². The SMILES string of the molecule is COc1cccc(C2=CSc3nnc(-c4cccc(Cl)c4Cl)n3N2)c1. The summed E-state index contributed by atoms with van der Waals surface area (Å²) in [5.74, 6) is 1.39. The summed E-state index contributed by atoms with van der Waals surface area (Å²) in [6.45, 7) is 0. The normalized spacial score (nSPS) is 13.0. The Morgan fingerprint density at radius 1 is 1.12 bits per heavy atom. The Bertz CT molecular complexity index is 987.